The Balaban J connectivity index is 0.000000345. The Morgan fingerprint density at radius 3 is 2.09 bits per heavy atom. The molecule has 2 aromatic carbocycles. The van der Waals surface area contributed by atoms with E-state index in [2.05, 4.69) is 40.3 Å². The minimum Gasteiger partial charge on any atom is -0.481 e. The molecule has 1 amide bonds. The number of amides is 1. The highest BCUT2D eigenvalue weighted by atomic mass is 19.1. The molecular weight excluding hydrogens is 577 g/mol. The van der Waals surface area contributed by atoms with Crippen molar-refractivity contribution < 1.29 is 48.7 Å². The maximum absolute atomic E-state index is 13.4. The number of nitrogens with zero attached hydrogens (tertiary/aromatic N) is 2. The van der Waals surface area contributed by atoms with Crippen LogP contribution in [0, 0.1) is 12.7 Å². The standard InChI is InChI=1S/C25H28FN3O2.C6H8O7/c1-17-4-9-23-19(14-17)15-20(24(27-23)31-3)16-29-12-10-25(11-13-29,28-18(2)30)21-5-7-22(26)8-6-21;7-3(8)1-6(13,5(11)12)2-4(9)10/h4-9,14-15H,10-13,16H2,1-3H3,(H,28,30);13H,1-2H2,(H,7,8)(H,9,10)(H,11,12). The number of carboxylic acids is 3. The summed E-state index contributed by atoms with van der Waals surface area (Å²) in [4.78, 5) is 49.5. The molecule has 3 aromatic rings. The fourth-order valence-corrected chi connectivity index (χ4v) is 5.25. The zero-order valence-electron chi connectivity index (χ0n) is 24.7. The Labute approximate surface area is 253 Å². The lowest BCUT2D eigenvalue weighted by Gasteiger charge is -2.42. The number of aromatic nitrogens is 1. The highest BCUT2D eigenvalue weighted by Gasteiger charge is 2.41. The van der Waals surface area contributed by atoms with Gasteiger partial charge >= 0.3 is 17.9 Å². The van der Waals surface area contributed by atoms with E-state index in [1.165, 1.54) is 24.6 Å². The lowest BCUT2D eigenvalue weighted by molar-refractivity contribution is -0.170. The number of nitrogens with one attached hydrogen (secondary N) is 1. The number of carbonyl (C=O) groups is 4. The number of carboxylic acid groups (broad SMARTS) is 3. The van der Waals surface area contributed by atoms with E-state index in [-0.39, 0.29) is 11.7 Å². The second-order valence-corrected chi connectivity index (χ2v) is 10.9. The highest BCUT2D eigenvalue weighted by molar-refractivity contribution is 5.88. The highest BCUT2D eigenvalue weighted by Crippen LogP contribution is 2.34. The van der Waals surface area contributed by atoms with Gasteiger partial charge in [-0.15, -0.1) is 0 Å². The maximum atomic E-state index is 13.4. The number of rotatable bonds is 10. The van der Waals surface area contributed by atoms with E-state index in [0.29, 0.717) is 5.88 Å². The average Bonchev–Trinajstić information content (AvgIpc) is 2.93. The topological polar surface area (TPSA) is 187 Å². The predicted octanol–water partition coefficient (Wildman–Crippen LogP) is 3.07. The van der Waals surface area contributed by atoms with Gasteiger partial charge in [0, 0.05) is 37.5 Å². The van der Waals surface area contributed by atoms with Crippen LogP contribution in [0.2, 0.25) is 0 Å². The van der Waals surface area contributed by atoms with Gasteiger partial charge in [0.1, 0.15) is 5.82 Å². The number of pyridine rings is 1. The minimum atomic E-state index is -2.74. The molecule has 1 aliphatic rings. The van der Waals surface area contributed by atoms with Crippen molar-refractivity contribution in [2.24, 2.45) is 0 Å². The first-order valence-electron chi connectivity index (χ1n) is 13.8. The molecule has 1 aliphatic heterocycles. The number of fused-ring (bicyclic) bond motifs is 1. The van der Waals surface area contributed by atoms with Crippen molar-refractivity contribution in [3.05, 3.63) is 71.0 Å². The Kier molecular flexibility index (Phi) is 11.0. The number of likely N-dealkylation sites (tertiary alicyclic amines) is 1. The number of benzene rings is 2. The van der Waals surface area contributed by atoms with Crippen molar-refractivity contribution in [1.29, 1.82) is 0 Å². The average molecular weight is 614 g/mol. The first kappa shape index (κ1) is 33.9. The number of aryl methyl sites for hydroxylation is 1. The molecule has 236 valence electrons. The smallest absolute Gasteiger partial charge is 0.336 e. The van der Waals surface area contributed by atoms with Crippen molar-refractivity contribution >= 4 is 34.7 Å². The van der Waals surface area contributed by atoms with Gasteiger partial charge in [-0.25, -0.2) is 14.2 Å². The Morgan fingerprint density at radius 1 is 1.00 bits per heavy atom. The van der Waals surface area contributed by atoms with Gasteiger partial charge in [0.15, 0.2) is 5.60 Å². The molecule has 0 spiro atoms. The number of carbonyl (C=O) groups excluding carboxylic acids is 1. The molecule has 12 nitrogen and oxygen atoms in total. The molecule has 44 heavy (non-hydrogen) atoms. The number of aliphatic carboxylic acids is 3. The van der Waals surface area contributed by atoms with E-state index in [4.69, 9.17) is 25.2 Å². The minimum absolute atomic E-state index is 0.0754. The third kappa shape index (κ3) is 8.71. The van der Waals surface area contributed by atoms with Gasteiger partial charge in [-0.2, -0.15) is 0 Å². The van der Waals surface area contributed by atoms with Gasteiger partial charge in [-0.1, -0.05) is 23.8 Å². The zero-order valence-corrected chi connectivity index (χ0v) is 24.7. The van der Waals surface area contributed by atoms with Crippen LogP contribution in [0.5, 0.6) is 5.88 Å². The SMILES string of the molecule is COc1nc2ccc(C)cc2cc1CN1CCC(NC(C)=O)(c2ccc(F)cc2)CC1.O=C(O)CC(O)(CC(=O)O)C(=O)O. The summed E-state index contributed by atoms with van der Waals surface area (Å²) >= 11 is 0. The molecule has 13 heteroatoms. The van der Waals surface area contributed by atoms with Crippen molar-refractivity contribution in [3.63, 3.8) is 0 Å². The third-order valence-corrected chi connectivity index (χ3v) is 7.40. The number of methoxy groups -OCH3 is 1. The molecule has 4 rings (SSSR count). The molecule has 0 unspecified atom stereocenters. The lowest BCUT2D eigenvalue weighted by Crippen LogP contribution is -2.52. The van der Waals surface area contributed by atoms with Crippen LogP contribution in [0.1, 0.15) is 49.3 Å². The van der Waals surface area contributed by atoms with E-state index >= 15 is 0 Å². The number of hydrogen-bond donors (Lipinski definition) is 5. The second-order valence-electron chi connectivity index (χ2n) is 10.9. The molecule has 0 aliphatic carbocycles. The van der Waals surface area contributed by atoms with Crippen LogP contribution < -0.4 is 10.1 Å². The summed E-state index contributed by atoms with van der Waals surface area (Å²) in [7, 11) is 1.65. The van der Waals surface area contributed by atoms with Gasteiger partial charge in [0.25, 0.3) is 0 Å². The molecule has 1 aromatic heterocycles. The summed E-state index contributed by atoms with van der Waals surface area (Å²) in [6.45, 7) is 5.93. The number of halogens is 1. The largest absolute Gasteiger partial charge is 0.481 e. The van der Waals surface area contributed by atoms with Gasteiger partial charge in [-0.3, -0.25) is 19.3 Å². The molecule has 2 heterocycles. The molecular formula is C31H36FN3O9. The molecule has 1 fully saturated rings. The van der Waals surface area contributed by atoms with Crippen molar-refractivity contribution in [2.45, 2.75) is 57.2 Å². The number of aliphatic hydroxyl groups is 1. The lowest BCUT2D eigenvalue weighted by atomic mass is 9.80. The second kappa shape index (κ2) is 14.2. The summed E-state index contributed by atoms with van der Waals surface area (Å²) in [6.07, 6.45) is -0.787. The van der Waals surface area contributed by atoms with Crippen LogP contribution in [0.4, 0.5) is 4.39 Å². The fourth-order valence-electron chi connectivity index (χ4n) is 5.25. The van der Waals surface area contributed by atoms with Gasteiger partial charge in [0.2, 0.25) is 11.8 Å². The number of hydrogen-bond acceptors (Lipinski definition) is 8. The summed E-state index contributed by atoms with van der Waals surface area (Å²) in [5, 5.41) is 38.1. The summed E-state index contributed by atoms with van der Waals surface area (Å²) in [5.74, 6) is -4.72. The summed E-state index contributed by atoms with van der Waals surface area (Å²) < 4.78 is 19.0. The van der Waals surface area contributed by atoms with Crippen molar-refractivity contribution in [1.82, 2.24) is 15.2 Å². The number of piperidine rings is 1. The predicted molar refractivity (Wildman–Crippen MR) is 157 cm³/mol. The van der Waals surface area contributed by atoms with Gasteiger partial charge in [0.05, 0.1) is 31.0 Å². The van der Waals surface area contributed by atoms with E-state index in [0.717, 1.165) is 54.5 Å². The Hall–Kier alpha value is -4.62. The van der Waals surface area contributed by atoms with Crippen LogP contribution in [-0.4, -0.2) is 79.9 Å². The first-order chi connectivity index (χ1) is 20.7. The zero-order chi connectivity index (χ0) is 32.7. The summed E-state index contributed by atoms with van der Waals surface area (Å²) in [5.41, 5.74) is 0.906. The van der Waals surface area contributed by atoms with E-state index in [1.807, 2.05) is 6.07 Å². The number of ether oxygens (including phenoxy) is 1. The van der Waals surface area contributed by atoms with Crippen molar-refractivity contribution in [2.75, 3.05) is 20.2 Å². The molecule has 1 saturated heterocycles. The maximum Gasteiger partial charge on any atom is 0.336 e. The van der Waals surface area contributed by atoms with E-state index < -0.39 is 41.9 Å². The van der Waals surface area contributed by atoms with Crippen LogP contribution >= 0.6 is 0 Å². The van der Waals surface area contributed by atoms with Crippen LogP contribution in [0.15, 0.2) is 48.5 Å². The normalized spacial score (nSPS) is 14.7. The van der Waals surface area contributed by atoms with Crippen molar-refractivity contribution in [3.8, 4) is 5.88 Å². The Morgan fingerprint density at radius 2 is 1.59 bits per heavy atom. The van der Waals surface area contributed by atoms with Crippen LogP contribution in [-0.2, 0) is 31.3 Å². The molecule has 0 saturated carbocycles. The first-order valence-corrected chi connectivity index (χ1v) is 13.8. The van der Waals surface area contributed by atoms with Crippen LogP contribution in [0.3, 0.4) is 0 Å². The van der Waals surface area contributed by atoms with Gasteiger partial charge < -0.3 is 30.5 Å². The molecule has 0 radical (unpaired) electrons. The fraction of sp³-hybridized carbons (Fsp3) is 0.387. The third-order valence-electron chi connectivity index (χ3n) is 7.40. The monoisotopic (exact) mass is 613 g/mol. The molecule has 0 bridgehead atoms. The summed E-state index contributed by atoms with van der Waals surface area (Å²) in [6, 6.07) is 14.8. The quantitative estimate of drug-likeness (QED) is 0.226. The van der Waals surface area contributed by atoms with Crippen LogP contribution in [0.25, 0.3) is 10.9 Å². The van der Waals surface area contributed by atoms with E-state index in [1.54, 1.807) is 19.2 Å². The molecule has 5 N–H and O–H groups in total. The molecule has 0 atom stereocenters. The van der Waals surface area contributed by atoms with E-state index in [9.17, 15) is 23.6 Å². The van der Waals surface area contributed by atoms with Gasteiger partial charge in [-0.05, 0) is 55.7 Å². The Bertz CT molecular complexity index is 1500.